The van der Waals surface area contributed by atoms with Crippen molar-refractivity contribution in [1.82, 2.24) is 20.3 Å². The van der Waals surface area contributed by atoms with Gasteiger partial charge in [-0.15, -0.1) is 24.0 Å². The molecule has 1 aliphatic carbocycles. The third-order valence-corrected chi connectivity index (χ3v) is 5.68. The fourth-order valence-electron chi connectivity index (χ4n) is 2.75. The molecule has 2 rings (SSSR count). The summed E-state index contributed by atoms with van der Waals surface area (Å²) in [5.41, 5.74) is 0. The Bertz CT molecular complexity index is 631. The zero-order valence-electron chi connectivity index (χ0n) is 14.7. The molecule has 1 fully saturated rings. The van der Waals surface area contributed by atoms with E-state index < -0.39 is 10.0 Å². The minimum atomic E-state index is -3.51. The Morgan fingerprint density at radius 1 is 1.28 bits per heavy atom. The van der Waals surface area contributed by atoms with E-state index in [-0.39, 0.29) is 35.4 Å². The molecule has 1 aliphatic rings. The van der Waals surface area contributed by atoms with Gasteiger partial charge < -0.3 is 10.6 Å². The number of nitrogens with zero attached hydrogens (tertiary/aromatic N) is 2. The number of pyridine rings is 1. The lowest BCUT2D eigenvalue weighted by Gasteiger charge is -2.28. The minimum Gasteiger partial charge on any atom is -0.355 e. The first-order chi connectivity index (χ1) is 11.5. The van der Waals surface area contributed by atoms with Gasteiger partial charge in [0.1, 0.15) is 4.90 Å². The monoisotopic (exact) mass is 481 g/mol. The van der Waals surface area contributed by atoms with Crippen LogP contribution in [0.25, 0.3) is 0 Å². The molecule has 1 heterocycles. The number of aromatic nitrogens is 1. The number of guanidine groups is 1. The van der Waals surface area contributed by atoms with Crippen LogP contribution in [0.1, 0.15) is 32.6 Å². The van der Waals surface area contributed by atoms with Gasteiger partial charge in [0.05, 0.1) is 0 Å². The van der Waals surface area contributed by atoms with Crippen LogP contribution in [0.2, 0.25) is 0 Å². The minimum absolute atomic E-state index is 0. The number of hydrogen-bond donors (Lipinski definition) is 3. The van der Waals surface area contributed by atoms with Crippen LogP contribution in [0.4, 0.5) is 0 Å². The molecule has 0 bridgehead atoms. The number of nitrogens with one attached hydrogen (secondary N) is 3. The maximum Gasteiger partial charge on any atom is 0.242 e. The van der Waals surface area contributed by atoms with Gasteiger partial charge in [0.2, 0.25) is 10.0 Å². The van der Waals surface area contributed by atoms with Crippen molar-refractivity contribution in [2.45, 2.75) is 43.5 Å². The molecule has 7 nitrogen and oxygen atoms in total. The molecule has 1 saturated carbocycles. The van der Waals surface area contributed by atoms with Crippen LogP contribution >= 0.6 is 24.0 Å². The van der Waals surface area contributed by atoms with Crippen molar-refractivity contribution in [3.63, 3.8) is 0 Å². The van der Waals surface area contributed by atoms with Crippen LogP contribution in [0.3, 0.4) is 0 Å². The van der Waals surface area contributed by atoms with Crippen molar-refractivity contribution in [3.05, 3.63) is 24.5 Å². The van der Waals surface area contributed by atoms with E-state index in [2.05, 4.69) is 32.3 Å². The summed E-state index contributed by atoms with van der Waals surface area (Å²) in [5, 5.41) is 6.56. The van der Waals surface area contributed by atoms with Crippen LogP contribution < -0.4 is 15.4 Å². The van der Waals surface area contributed by atoms with Crippen LogP contribution in [0.5, 0.6) is 0 Å². The highest BCUT2D eigenvalue weighted by Crippen LogP contribution is 2.23. The van der Waals surface area contributed by atoms with E-state index in [9.17, 15) is 8.42 Å². The van der Waals surface area contributed by atoms with Crippen LogP contribution in [-0.4, -0.2) is 45.5 Å². The van der Waals surface area contributed by atoms with Gasteiger partial charge in [-0.1, -0.05) is 6.92 Å². The van der Waals surface area contributed by atoms with Gasteiger partial charge in [-0.05, 0) is 43.7 Å². The maximum atomic E-state index is 12.1. The Labute approximate surface area is 167 Å². The summed E-state index contributed by atoms with van der Waals surface area (Å²) in [4.78, 5) is 8.20. The first-order valence-corrected chi connectivity index (χ1v) is 9.86. The maximum absolute atomic E-state index is 12.1. The quantitative estimate of drug-likeness (QED) is 0.249. The van der Waals surface area contributed by atoms with E-state index in [0.29, 0.717) is 12.6 Å². The zero-order valence-corrected chi connectivity index (χ0v) is 17.9. The molecule has 9 heteroatoms. The molecule has 1 aromatic rings. The summed E-state index contributed by atoms with van der Waals surface area (Å²) >= 11 is 0. The molecule has 0 spiro atoms. The van der Waals surface area contributed by atoms with E-state index in [0.717, 1.165) is 24.7 Å². The van der Waals surface area contributed by atoms with E-state index in [1.807, 2.05) is 0 Å². The Morgan fingerprint density at radius 3 is 2.60 bits per heavy atom. The average Bonchev–Trinajstić information content (AvgIpc) is 2.60. The smallest absolute Gasteiger partial charge is 0.242 e. The third-order valence-electron chi connectivity index (χ3n) is 4.23. The van der Waals surface area contributed by atoms with Gasteiger partial charge in [-0.3, -0.25) is 9.98 Å². The molecule has 142 valence electrons. The summed E-state index contributed by atoms with van der Waals surface area (Å²) < 4.78 is 26.7. The highest BCUT2D eigenvalue weighted by atomic mass is 127. The van der Waals surface area contributed by atoms with Gasteiger partial charge in [0.25, 0.3) is 0 Å². The van der Waals surface area contributed by atoms with Crippen LogP contribution in [0.15, 0.2) is 34.4 Å². The molecular formula is C16H28IN5O2S. The first-order valence-electron chi connectivity index (χ1n) is 8.38. The van der Waals surface area contributed by atoms with Crippen molar-refractivity contribution < 1.29 is 8.42 Å². The second kappa shape index (κ2) is 10.9. The number of aliphatic imine (C=N–C) groups is 1. The second-order valence-corrected chi connectivity index (χ2v) is 7.95. The fourth-order valence-corrected chi connectivity index (χ4v) is 3.74. The fraction of sp³-hybridized carbons (Fsp3) is 0.625. The highest BCUT2D eigenvalue weighted by Gasteiger charge is 2.19. The Balaban J connectivity index is 0.00000312. The van der Waals surface area contributed by atoms with Crippen molar-refractivity contribution in [3.8, 4) is 0 Å². The number of sulfonamides is 1. The molecule has 1 aromatic heterocycles. The molecule has 0 amide bonds. The van der Waals surface area contributed by atoms with E-state index >= 15 is 0 Å². The van der Waals surface area contributed by atoms with E-state index in [4.69, 9.17) is 0 Å². The molecular weight excluding hydrogens is 453 g/mol. The lowest BCUT2D eigenvalue weighted by atomic mass is 9.87. The standard InChI is InChI=1S/C16H27N5O2S.HI/c1-13-5-7-14(8-6-13)21-16(17-2)19-10-11-20-24(22,23)15-4-3-9-18-12-15;/h3-4,9,12-14,20H,5-8,10-11H2,1-2H3,(H2,17,19,21);1H. The van der Waals surface area contributed by atoms with Gasteiger partial charge in [0.15, 0.2) is 5.96 Å². The Morgan fingerprint density at radius 2 is 2.00 bits per heavy atom. The molecule has 0 atom stereocenters. The lowest BCUT2D eigenvalue weighted by Crippen LogP contribution is -2.46. The normalized spacial score (nSPS) is 21.3. The van der Waals surface area contributed by atoms with Crippen molar-refractivity contribution >= 4 is 40.0 Å². The largest absolute Gasteiger partial charge is 0.355 e. The molecule has 0 aliphatic heterocycles. The second-order valence-electron chi connectivity index (χ2n) is 6.19. The van der Waals surface area contributed by atoms with Gasteiger partial charge in [-0.2, -0.15) is 0 Å². The Kier molecular flexibility index (Phi) is 9.65. The summed E-state index contributed by atoms with van der Waals surface area (Å²) in [6, 6.07) is 3.57. The van der Waals surface area contributed by atoms with Crippen LogP contribution in [0, 0.1) is 5.92 Å². The van der Waals surface area contributed by atoms with Crippen molar-refractivity contribution in [2.24, 2.45) is 10.9 Å². The summed E-state index contributed by atoms with van der Waals surface area (Å²) in [5.74, 6) is 1.52. The zero-order chi connectivity index (χ0) is 17.4. The molecule has 3 N–H and O–H groups in total. The van der Waals surface area contributed by atoms with E-state index in [1.165, 1.54) is 25.1 Å². The van der Waals surface area contributed by atoms with Gasteiger partial charge in [0, 0.05) is 38.6 Å². The summed E-state index contributed by atoms with van der Waals surface area (Å²) in [7, 11) is -1.79. The third kappa shape index (κ3) is 7.45. The molecule has 0 radical (unpaired) electrons. The average molecular weight is 481 g/mol. The molecule has 0 saturated heterocycles. The highest BCUT2D eigenvalue weighted by molar-refractivity contribution is 14.0. The van der Waals surface area contributed by atoms with Gasteiger partial charge >= 0.3 is 0 Å². The predicted molar refractivity (Wildman–Crippen MR) is 111 cm³/mol. The van der Waals surface area contributed by atoms with Crippen molar-refractivity contribution in [2.75, 3.05) is 20.1 Å². The van der Waals surface area contributed by atoms with Crippen LogP contribution in [-0.2, 0) is 10.0 Å². The summed E-state index contributed by atoms with van der Waals surface area (Å²) in [6.45, 7) is 3.03. The summed E-state index contributed by atoms with van der Waals surface area (Å²) in [6.07, 6.45) is 7.65. The molecule has 0 aromatic carbocycles. The number of hydrogen-bond acceptors (Lipinski definition) is 4. The topological polar surface area (TPSA) is 95.5 Å². The Hall–Kier alpha value is -0.940. The SMILES string of the molecule is CN=C(NCCNS(=O)(=O)c1cccnc1)NC1CCC(C)CC1.I. The van der Waals surface area contributed by atoms with E-state index in [1.54, 1.807) is 19.3 Å². The van der Waals surface area contributed by atoms with Crippen molar-refractivity contribution in [1.29, 1.82) is 0 Å². The number of rotatable bonds is 6. The molecule has 0 unspecified atom stereocenters. The number of halogens is 1. The van der Waals surface area contributed by atoms with Gasteiger partial charge in [-0.25, -0.2) is 13.1 Å². The lowest BCUT2D eigenvalue weighted by molar-refractivity contribution is 0.329. The molecule has 25 heavy (non-hydrogen) atoms. The first kappa shape index (κ1) is 22.1. The predicted octanol–water partition coefficient (Wildman–Crippen LogP) is 1.72.